The van der Waals surface area contributed by atoms with Gasteiger partial charge in [-0.3, -0.25) is 15.1 Å². The predicted molar refractivity (Wildman–Crippen MR) is 71.8 cm³/mol. The lowest BCUT2D eigenvalue weighted by Crippen LogP contribution is -2.44. The van der Waals surface area contributed by atoms with Gasteiger partial charge in [0, 0.05) is 17.5 Å². The Kier molecular flexibility index (Phi) is 5.39. The highest BCUT2D eigenvalue weighted by Crippen LogP contribution is 2.23. The van der Waals surface area contributed by atoms with Crippen molar-refractivity contribution >= 4 is 28.8 Å². The highest BCUT2D eigenvalue weighted by atomic mass is 35.5. The Bertz CT molecular complexity index is 383. The Hall–Kier alpha value is -0.620. The number of nitrogens with zero attached hydrogens (tertiary/aromatic N) is 1. The minimum absolute atomic E-state index is 0.111. The van der Waals surface area contributed by atoms with Gasteiger partial charge in [-0.15, -0.1) is 11.3 Å². The fourth-order valence-corrected chi connectivity index (χ4v) is 2.71. The van der Waals surface area contributed by atoms with E-state index < -0.39 is 0 Å². The van der Waals surface area contributed by atoms with E-state index in [1.807, 2.05) is 33.0 Å². The van der Waals surface area contributed by atoms with Crippen LogP contribution in [0.1, 0.15) is 18.7 Å². The van der Waals surface area contributed by atoms with Gasteiger partial charge in [0.05, 0.1) is 10.3 Å². The van der Waals surface area contributed by atoms with Crippen molar-refractivity contribution in [2.45, 2.75) is 26.4 Å². The minimum atomic E-state index is -0.152. The number of carbonyl (C=O) groups is 1. The van der Waals surface area contributed by atoms with Gasteiger partial charge in [0.25, 0.3) is 0 Å². The molecule has 1 heterocycles. The van der Waals surface area contributed by atoms with Gasteiger partial charge in [-0.05, 0) is 26.1 Å². The average Bonchev–Trinajstić information content (AvgIpc) is 2.71. The third kappa shape index (κ3) is 3.96. The van der Waals surface area contributed by atoms with Gasteiger partial charge in [-0.25, -0.2) is 5.84 Å². The summed E-state index contributed by atoms with van der Waals surface area (Å²) in [6.45, 7) is 4.65. The normalized spacial score (nSPS) is 14.7. The predicted octanol–water partition coefficient (Wildman–Crippen LogP) is 1.85. The second-order valence-corrected chi connectivity index (χ2v) is 5.96. The standard InChI is InChI=1S/C11H18ClN3OS/c1-7(11(16)14-13)8(2)15(3)6-9-4-5-10(12)17-9/h4-5,7-8H,6,13H2,1-3H3,(H,14,16). The molecule has 0 fully saturated rings. The number of hydrazine groups is 1. The Morgan fingerprint density at radius 1 is 1.59 bits per heavy atom. The monoisotopic (exact) mass is 275 g/mol. The summed E-state index contributed by atoms with van der Waals surface area (Å²) in [5.41, 5.74) is 2.18. The maximum atomic E-state index is 11.4. The number of rotatable bonds is 5. The molecule has 2 unspecified atom stereocenters. The zero-order valence-corrected chi connectivity index (χ0v) is 11.8. The van der Waals surface area contributed by atoms with Gasteiger partial charge >= 0.3 is 0 Å². The molecule has 17 heavy (non-hydrogen) atoms. The van der Waals surface area contributed by atoms with Crippen LogP contribution in [0.4, 0.5) is 0 Å². The molecule has 96 valence electrons. The van der Waals surface area contributed by atoms with E-state index in [-0.39, 0.29) is 17.9 Å². The highest BCUT2D eigenvalue weighted by Gasteiger charge is 2.23. The molecular formula is C11H18ClN3OS. The second kappa shape index (κ2) is 6.35. The number of hydrogen-bond donors (Lipinski definition) is 2. The molecule has 1 aromatic heterocycles. The summed E-state index contributed by atoms with van der Waals surface area (Å²) in [6.07, 6.45) is 0. The van der Waals surface area contributed by atoms with Crippen molar-refractivity contribution in [2.24, 2.45) is 11.8 Å². The number of carbonyl (C=O) groups excluding carboxylic acids is 1. The molecule has 0 saturated heterocycles. The lowest BCUT2D eigenvalue weighted by atomic mass is 10.0. The molecule has 0 aliphatic heterocycles. The summed E-state index contributed by atoms with van der Waals surface area (Å²) >= 11 is 7.44. The van der Waals surface area contributed by atoms with E-state index in [0.29, 0.717) is 0 Å². The molecule has 0 radical (unpaired) electrons. The fraction of sp³-hybridized carbons (Fsp3) is 0.545. The topological polar surface area (TPSA) is 58.4 Å². The van der Waals surface area contributed by atoms with Crippen molar-refractivity contribution in [3.8, 4) is 0 Å². The van der Waals surface area contributed by atoms with Crippen LogP contribution in [-0.2, 0) is 11.3 Å². The molecule has 6 heteroatoms. The SMILES string of the molecule is CC(C(=O)NN)C(C)N(C)Cc1ccc(Cl)s1. The molecule has 1 rings (SSSR count). The molecule has 0 aliphatic carbocycles. The second-order valence-electron chi connectivity index (χ2n) is 4.16. The van der Waals surface area contributed by atoms with E-state index in [4.69, 9.17) is 17.4 Å². The van der Waals surface area contributed by atoms with Crippen molar-refractivity contribution in [3.63, 3.8) is 0 Å². The summed E-state index contributed by atoms with van der Waals surface area (Å²) in [4.78, 5) is 14.7. The minimum Gasteiger partial charge on any atom is -0.298 e. The van der Waals surface area contributed by atoms with Crippen molar-refractivity contribution in [3.05, 3.63) is 21.3 Å². The van der Waals surface area contributed by atoms with Gasteiger partial charge in [0.15, 0.2) is 0 Å². The molecule has 3 N–H and O–H groups in total. The van der Waals surface area contributed by atoms with Gasteiger partial charge in [-0.2, -0.15) is 0 Å². The molecular weight excluding hydrogens is 258 g/mol. The maximum Gasteiger partial charge on any atom is 0.238 e. The van der Waals surface area contributed by atoms with Gasteiger partial charge in [0.1, 0.15) is 0 Å². The molecule has 0 bridgehead atoms. The molecule has 1 aromatic rings. The van der Waals surface area contributed by atoms with Crippen molar-refractivity contribution in [2.75, 3.05) is 7.05 Å². The van der Waals surface area contributed by atoms with E-state index in [2.05, 4.69) is 10.3 Å². The van der Waals surface area contributed by atoms with Crippen LogP contribution in [0.5, 0.6) is 0 Å². The molecule has 2 atom stereocenters. The van der Waals surface area contributed by atoms with E-state index in [1.54, 1.807) is 11.3 Å². The van der Waals surface area contributed by atoms with Crippen LogP contribution in [-0.4, -0.2) is 23.9 Å². The van der Waals surface area contributed by atoms with Crippen molar-refractivity contribution in [1.82, 2.24) is 10.3 Å². The molecule has 0 aromatic carbocycles. The fourth-order valence-electron chi connectivity index (χ4n) is 1.56. The average molecular weight is 276 g/mol. The van der Waals surface area contributed by atoms with Crippen LogP contribution in [0, 0.1) is 5.92 Å². The Morgan fingerprint density at radius 3 is 2.71 bits per heavy atom. The lowest BCUT2D eigenvalue weighted by molar-refractivity contribution is -0.126. The number of nitrogens with one attached hydrogen (secondary N) is 1. The zero-order chi connectivity index (χ0) is 13.0. The number of amides is 1. The third-order valence-electron chi connectivity index (χ3n) is 3.01. The number of hydrogen-bond acceptors (Lipinski definition) is 4. The zero-order valence-electron chi connectivity index (χ0n) is 10.2. The van der Waals surface area contributed by atoms with E-state index in [1.165, 1.54) is 4.88 Å². The first-order valence-corrected chi connectivity index (χ1v) is 6.60. The molecule has 1 amide bonds. The van der Waals surface area contributed by atoms with Gasteiger partial charge in [0.2, 0.25) is 5.91 Å². The van der Waals surface area contributed by atoms with Gasteiger partial charge in [-0.1, -0.05) is 18.5 Å². The van der Waals surface area contributed by atoms with Crippen LogP contribution >= 0.6 is 22.9 Å². The maximum absolute atomic E-state index is 11.4. The van der Waals surface area contributed by atoms with Gasteiger partial charge < -0.3 is 0 Å². The quantitative estimate of drug-likeness (QED) is 0.490. The Labute approximate surface area is 111 Å². The first-order valence-electron chi connectivity index (χ1n) is 5.40. The summed E-state index contributed by atoms with van der Waals surface area (Å²) in [5.74, 6) is 4.84. The van der Waals surface area contributed by atoms with Crippen LogP contribution in [0.15, 0.2) is 12.1 Å². The summed E-state index contributed by atoms with van der Waals surface area (Å²) in [6, 6.07) is 4.00. The van der Waals surface area contributed by atoms with Crippen molar-refractivity contribution in [1.29, 1.82) is 0 Å². The van der Waals surface area contributed by atoms with E-state index in [0.717, 1.165) is 10.9 Å². The number of thiophene rings is 1. The summed E-state index contributed by atoms with van der Waals surface area (Å²) in [7, 11) is 1.98. The first-order chi connectivity index (χ1) is 7.95. The molecule has 0 aliphatic rings. The number of nitrogens with two attached hydrogens (primary N) is 1. The molecule has 0 saturated carbocycles. The third-order valence-corrected chi connectivity index (χ3v) is 4.22. The van der Waals surface area contributed by atoms with Crippen LogP contribution in [0.25, 0.3) is 0 Å². The summed E-state index contributed by atoms with van der Waals surface area (Å²) in [5, 5.41) is 0. The van der Waals surface area contributed by atoms with Crippen LogP contribution in [0.2, 0.25) is 4.34 Å². The largest absolute Gasteiger partial charge is 0.298 e. The Morgan fingerprint density at radius 2 is 2.24 bits per heavy atom. The number of halogens is 1. The van der Waals surface area contributed by atoms with E-state index in [9.17, 15) is 4.79 Å². The molecule has 0 spiro atoms. The van der Waals surface area contributed by atoms with E-state index >= 15 is 0 Å². The lowest BCUT2D eigenvalue weighted by Gasteiger charge is -2.28. The summed E-state index contributed by atoms with van der Waals surface area (Å²) < 4.78 is 0.786. The van der Waals surface area contributed by atoms with Crippen LogP contribution < -0.4 is 11.3 Å². The smallest absolute Gasteiger partial charge is 0.238 e. The molecule has 4 nitrogen and oxygen atoms in total. The van der Waals surface area contributed by atoms with Crippen molar-refractivity contribution < 1.29 is 4.79 Å². The first kappa shape index (κ1) is 14.4. The highest BCUT2D eigenvalue weighted by molar-refractivity contribution is 7.16. The van der Waals surface area contributed by atoms with Crippen LogP contribution in [0.3, 0.4) is 0 Å². The Balaban J connectivity index is 2.57.